The lowest BCUT2D eigenvalue weighted by Gasteiger charge is -2.26. The first-order valence-corrected chi connectivity index (χ1v) is 12.5. The van der Waals surface area contributed by atoms with Crippen molar-refractivity contribution in [3.05, 3.63) is 51.8 Å². The number of hydrogen-bond acceptors (Lipinski definition) is 6. The third kappa shape index (κ3) is 6.59. The second kappa shape index (κ2) is 10.6. The number of halogens is 1. The van der Waals surface area contributed by atoms with E-state index in [9.17, 15) is 13.2 Å². The van der Waals surface area contributed by atoms with Crippen molar-refractivity contribution in [2.45, 2.75) is 16.7 Å². The molecular formula is C19H24BrN3O4S2. The number of hydrogen-bond donors (Lipinski definition) is 2. The molecule has 2 aromatic rings. The molecule has 0 bridgehead atoms. The average Bonchev–Trinajstić information content (AvgIpc) is 3.18. The van der Waals surface area contributed by atoms with Crippen LogP contribution >= 0.6 is 27.3 Å². The van der Waals surface area contributed by atoms with Crippen molar-refractivity contribution in [2.24, 2.45) is 0 Å². The number of nitrogens with zero attached hydrogens (tertiary/aromatic N) is 1. The molecule has 0 aliphatic carbocycles. The van der Waals surface area contributed by atoms with Crippen LogP contribution in [0.1, 0.15) is 18.0 Å². The van der Waals surface area contributed by atoms with Gasteiger partial charge in [-0.15, -0.1) is 11.3 Å². The molecule has 0 radical (unpaired) electrons. The van der Waals surface area contributed by atoms with E-state index in [4.69, 9.17) is 4.74 Å². The van der Waals surface area contributed by atoms with Crippen LogP contribution < -0.4 is 10.0 Å². The molecule has 1 aromatic carbocycles. The van der Waals surface area contributed by atoms with E-state index in [-0.39, 0.29) is 10.1 Å². The van der Waals surface area contributed by atoms with E-state index >= 15 is 0 Å². The SMILES string of the molecule is O=C(NCCCN1CCOCC1)C(NS(=O)(=O)c1ccc(Br)s1)c1ccccc1. The smallest absolute Gasteiger partial charge is 0.251 e. The maximum absolute atomic E-state index is 12.8. The Morgan fingerprint density at radius 3 is 2.55 bits per heavy atom. The van der Waals surface area contributed by atoms with E-state index in [0.717, 1.165) is 50.6 Å². The quantitative estimate of drug-likeness (QED) is 0.515. The summed E-state index contributed by atoms with van der Waals surface area (Å²) in [6.45, 7) is 4.63. The fourth-order valence-corrected chi connectivity index (χ4v) is 6.23. The van der Waals surface area contributed by atoms with Crippen molar-refractivity contribution in [3.8, 4) is 0 Å². The van der Waals surface area contributed by atoms with Crippen LogP contribution in [0.25, 0.3) is 0 Å². The van der Waals surface area contributed by atoms with Gasteiger partial charge in [-0.25, -0.2) is 8.42 Å². The van der Waals surface area contributed by atoms with Crippen LogP contribution in [0.3, 0.4) is 0 Å². The van der Waals surface area contributed by atoms with Gasteiger partial charge in [0.15, 0.2) is 0 Å². The molecule has 158 valence electrons. The zero-order valence-corrected chi connectivity index (χ0v) is 19.1. The van der Waals surface area contributed by atoms with E-state index < -0.39 is 16.1 Å². The topological polar surface area (TPSA) is 87.7 Å². The number of carbonyl (C=O) groups excluding carboxylic acids is 1. The van der Waals surface area contributed by atoms with E-state index in [1.54, 1.807) is 30.3 Å². The van der Waals surface area contributed by atoms with Crippen molar-refractivity contribution < 1.29 is 17.9 Å². The number of thiophene rings is 1. The van der Waals surface area contributed by atoms with Gasteiger partial charge < -0.3 is 10.1 Å². The second-order valence-electron chi connectivity index (χ2n) is 6.62. The Labute approximate surface area is 183 Å². The maximum Gasteiger partial charge on any atom is 0.251 e. The van der Waals surface area contributed by atoms with Gasteiger partial charge in [-0.05, 0) is 46.6 Å². The lowest BCUT2D eigenvalue weighted by Crippen LogP contribution is -2.42. The zero-order valence-electron chi connectivity index (χ0n) is 15.8. The summed E-state index contributed by atoms with van der Waals surface area (Å²) in [6.07, 6.45) is 0.790. The lowest BCUT2D eigenvalue weighted by atomic mass is 10.1. The number of rotatable bonds is 9. The Morgan fingerprint density at radius 2 is 1.90 bits per heavy atom. The van der Waals surface area contributed by atoms with Crippen LogP contribution in [0.2, 0.25) is 0 Å². The molecule has 1 unspecified atom stereocenters. The van der Waals surface area contributed by atoms with Gasteiger partial charge in [0.05, 0.1) is 17.0 Å². The fraction of sp³-hybridized carbons (Fsp3) is 0.421. The minimum atomic E-state index is -3.82. The molecule has 0 spiro atoms. The predicted octanol–water partition coefficient (Wildman–Crippen LogP) is 2.37. The molecule has 3 rings (SSSR count). The second-order valence-corrected chi connectivity index (χ2v) is 11.0. The Hall–Kier alpha value is -1.30. The molecule has 2 N–H and O–H groups in total. The molecule has 1 saturated heterocycles. The summed E-state index contributed by atoms with van der Waals surface area (Å²) in [6, 6.07) is 11.1. The predicted molar refractivity (Wildman–Crippen MR) is 116 cm³/mol. The summed E-state index contributed by atoms with van der Waals surface area (Å²) >= 11 is 4.37. The van der Waals surface area contributed by atoms with Gasteiger partial charge in [-0.1, -0.05) is 30.3 Å². The van der Waals surface area contributed by atoms with Crippen LogP contribution in [0.5, 0.6) is 0 Å². The highest BCUT2D eigenvalue weighted by atomic mass is 79.9. The maximum atomic E-state index is 12.8. The molecular weight excluding hydrogens is 478 g/mol. The van der Waals surface area contributed by atoms with Crippen LogP contribution in [-0.2, 0) is 19.6 Å². The number of ether oxygens (including phenoxy) is 1. The van der Waals surface area contributed by atoms with Crippen molar-refractivity contribution in [3.63, 3.8) is 0 Å². The molecule has 1 aromatic heterocycles. The van der Waals surface area contributed by atoms with Gasteiger partial charge in [0.2, 0.25) is 5.91 Å². The molecule has 10 heteroatoms. The first-order chi connectivity index (χ1) is 14.0. The van der Waals surface area contributed by atoms with E-state index in [1.165, 1.54) is 6.07 Å². The Kier molecular flexibility index (Phi) is 8.22. The van der Waals surface area contributed by atoms with Crippen LogP contribution in [0, 0.1) is 0 Å². The molecule has 1 aliphatic rings. The summed E-state index contributed by atoms with van der Waals surface area (Å²) in [5.74, 6) is -0.364. The van der Waals surface area contributed by atoms with E-state index in [2.05, 4.69) is 30.9 Å². The third-order valence-corrected chi connectivity index (χ3v) is 8.07. The fourth-order valence-electron chi connectivity index (χ4n) is 3.01. The van der Waals surface area contributed by atoms with E-state index in [0.29, 0.717) is 15.9 Å². The first kappa shape index (κ1) is 22.4. The minimum Gasteiger partial charge on any atom is -0.379 e. The summed E-state index contributed by atoms with van der Waals surface area (Å²) in [4.78, 5) is 15.1. The van der Waals surface area contributed by atoms with Gasteiger partial charge in [0.1, 0.15) is 10.3 Å². The molecule has 1 fully saturated rings. The highest BCUT2D eigenvalue weighted by Gasteiger charge is 2.28. The molecule has 1 amide bonds. The van der Waals surface area contributed by atoms with Crippen LogP contribution in [-0.4, -0.2) is 58.6 Å². The molecule has 1 atom stereocenters. The van der Waals surface area contributed by atoms with Crippen molar-refractivity contribution in [1.82, 2.24) is 14.9 Å². The summed E-state index contributed by atoms with van der Waals surface area (Å²) in [7, 11) is -3.82. The summed E-state index contributed by atoms with van der Waals surface area (Å²) < 4.78 is 34.3. The molecule has 1 aliphatic heterocycles. The highest BCUT2D eigenvalue weighted by molar-refractivity contribution is 9.11. The normalized spacial score (nSPS) is 16.4. The Bertz CT molecular complexity index is 899. The van der Waals surface area contributed by atoms with Gasteiger partial charge in [-0.3, -0.25) is 9.69 Å². The van der Waals surface area contributed by atoms with Crippen molar-refractivity contribution >= 4 is 43.2 Å². The Morgan fingerprint density at radius 1 is 1.17 bits per heavy atom. The van der Waals surface area contributed by atoms with Crippen molar-refractivity contribution in [1.29, 1.82) is 0 Å². The lowest BCUT2D eigenvalue weighted by molar-refractivity contribution is -0.122. The van der Waals surface area contributed by atoms with Gasteiger partial charge >= 0.3 is 0 Å². The zero-order chi connectivity index (χ0) is 20.7. The molecule has 2 heterocycles. The third-order valence-electron chi connectivity index (χ3n) is 4.54. The minimum absolute atomic E-state index is 0.158. The number of amides is 1. The Balaban J connectivity index is 1.63. The number of nitrogens with one attached hydrogen (secondary N) is 2. The molecule has 0 saturated carbocycles. The van der Waals surface area contributed by atoms with E-state index in [1.807, 2.05) is 6.07 Å². The van der Waals surface area contributed by atoms with Gasteiger partial charge in [0, 0.05) is 19.6 Å². The number of sulfonamides is 1. The largest absolute Gasteiger partial charge is 0.379 e. The molecule has 7 nitrogen and oxygen atoms in total. The number of carbonyl (C=O) groups is 1. The summed E-state index contributed by atoms with van der Waals surface area (Å²) in [5, 5.41) is 2.87. The standard InChI is InChI=1S/C19H24BrN3O4S2/c20-16-7-8-17(28-16)29(25,26)22-18(15-5-2-1-3-6-15)19(24)21-9-4-10-23-11-13-27-14-12-23/h1-3,5-8,18,22H,4,9-14H2,(H,21,24). The monoisotopic (exact) mass is 501 g/mol. The number of benzene rings is 1. The van der Waals surface area contributed by atoms with Crippen molar-refractivity contribution in [2.75, 3.05) is 39.4 Å². The van der Waals surface area contributed by atoms with Crippen LogP contribution in [0.15, 0.2) is 50.5 Å². The van der Waals surface area contributed by atoms with Crippen LogP contribution in [0.4, 0.5) is 0 Å². The van der Waals surface area contributed by atoms with Gasteiger partial charge in [0.25, 0.3) is 10.0 Å². The van der Waals surface area contributed by atoms with Gasteiger partial charge in [-0.2, -0.15) is 4.72 Å². The first-order valence-electron chi connectivity index (χ1n) is 9.36. The molecule has 29 heavy (non-hydrogen) atoms. The highest BCUT2D eigenvalue weighted by Crippen LogP contribution is 2.27. The number of morpholine rings is 1. The summed E-state index contributed by atoms with van der Waals surface area (Å²) in [5.41, 5.74) is 0.595. The average molecular weight is 502 g/mol.